The lowest BCUT2D eigenvalue weighted by Crippen LogP contribution is -2.54. The normalized spacial score (nSPS) is 22.4. The van der Waals surface area contributed by atoms with Crippen LogP contribution in [0.4, 0.5) is 0 Å². The second-order valence-electron chi connectivity index (χ2n) is 7.83. The van der Waals surface area contributed by atoms with Gasteiger partial charge in [0.05, 0.1) is 18.7 Å². The number of furan rings is 1. The van der Waals surface area contributed by atoms with Gasteiger partial charge in [0.15, 0.2) is 0 Å². The van der Waals surface area contributed by atoms with Crippen LogP contribution in [0.25, 0.3) is 0 Å². The Morgan fingerprint density at radius 1 is 1.32 bits per heavy atom. The van der Waals surface area contributed by atoms with E-state index in [4.69, 9.17) is 4.42 Å². The molecular formula is C19H29N3O3. The number of piperidine rings is 1. The number of hydrogen-bond donors (Lipinski definition) is 1. The van der Waals surface area contributed by atoms with Crippen molar-refractivity contribution >= 4 is 11.8 Å². The Hall–Kier alpha value is -1.82. The summed E-state index contributed by atoms with van der Waals surface area (Å²) in [5.41, 5.74) is -0.0491. The summed E-state index contributed by atoms with van der Waals surface area (Å²) in [6.07, 6.45) is 5.65. The lowest BCUT2D eigenvalue weighted by Gasteiger charge is -2.41. The molecule has 1 N–H and O–H groups in total. The third-order valence-corrected chi connectivity index (χ3v) is 5.42. The number of rotatable bonds is 6. The molecule has 2 saturated heterocycles. The van der Waals surface area contributed by atoms with Crippen molar-refractivity contribution in [2.24, 2.45) is 5.92 Å². The molecule has 1 unspecified atom stereocenters. The van der Waals surface area contributed by atoms with E-state index >= 15 is 0 Å². The molecule has 6 nitrogen and oxygen atoms in total. The first-order valence-electron chi connectivity index (χ1n) is 9.28. The molecule has 3 heterocycles. The van der Waals surface area contributed by atoms with Crippen molar-refractivity contribution in [3.63, 3.8) is 0 Å². The number of hydrogen-bond acceptors (Lipinski definition) is 4. The molecule has 2 fully saturated rings. The summed E-state index contributed by atoms with van der Waals surface area (Å²) >= 11 is 0. The standard InChI is InChI=1S/C19H29N3O3/c1-19(2,22-8-4-3-5-9-22)14-20-18(24)15-11-17(23)21(12-15)13-16-7-6-10-25-16/h6-7,10,15H,3-5,8-9,11-14H2,1-2H3,(H,20,24). The first-order valence-corrected chi connectivity index (χ1v) is 9.28. The summed E-state index contributed by atoms with van der Waals surface area (Å²) in [7, 11) is 0. The third kappa shape index (κ3) is 4.42. The van der Waals surface area contributed by atoms with E-state index in [9.17, 15) is 9.59 Å². The highest BCUT2D eigenvalue weighted by atomic mass is 16.3. The van der Waals surface area contributed by atoms with Crippen molar-refractivity contribution in [3.05, 3.63) is 24.2 Å². The average Bonchev–Trinajstić information content (AvgIpc) is 3.24. The number of carbonyl (C=O) groups excluding carboxylic acids is 2. The van der Waals surface area contributed by atoms with Gasteiger partial charge in [-0.05, 0) is 51.9 Å². The molecule has 0 aliphatic carbocycles. The van der Waals surface area contributed by atoms with Crippen molar-refractivity contribution < 1.29 is 14.0 Å². The van der Waals surface area contributed by atoms with E-state index in [1.807, 2.05) is 12.1 Å². The number of nitrogens with zero attached hydrogens (tertiary/aromatic N) is 2. The van der Waals surface area contributed by atoms with Crippen molar-refractivity contribution in [2.75, 3.05) is 26.2 Å². The molecule has 1 atom stereocenters. The quantitative estimate of drug-likeness (QED) is 0.855. The maximum atomic E-state index is 12.5. The van der Waals surface area contributed by atoms with Crippen LogP contribution < -0.4 is 5.32 Å². The van der Waals surface area contributed by atoms with Crippen LogP contribution in [0.2, 0.25) is 0 Å². The maximum absolute atomic E-state index is 12.5. The predicted molar refractivity (Wildman–Crippen MR) is 94.7 cm³/mol. The molecule has 0 saturated carbocycles. The Labute approximate surface area is 149 Å². The summed E-state index contributed by atoms with van der Waals surface area (Å²) in [6, 6.07) is 3.66. The zero-order valence-electron chi connectivity index (χ0n) is 15.3. The first kappa shape index (κ1) is 18.0. The minimum absolute atomic E-state index is 0.0135. The first-order chi connectivity index (χ1) is 12.0. The topological polar surface area (TPSA) is 65.8 Å². The number of carbonyl (C=O) groups is 2. The van der Waals surface area contributed by atoms with E-state index in [-0.39, 0.29) is 29.7 Å². The zero-order chi connectivity index (χ0) is 17.9. The van der Waals surface area contributed by atoms with E-state index < -0.39 is 0 Å². The Kier molecular flexibility index (Phi) is 5.47. The van der Waals surface area contributed by atoms with Crippen LogP contribution in [0.15, 0.2) is 22.8 Å². The average molecular weight is 347 g/mol. The SMILES string of the molecule is CC(C)(CNC(=O)C1CC(=O)N(Cc2ccco2)C1)N1CCCCC1. The van der Waals surface area contributed by atoms with Crippen LogP contribution in [0, 0.1) is 5.92 Å². The molecule has 25 heavy (non-hydrogen) atoms. The fraction of sp³-hybridized carbons (Fsp3) is 0.684. The van der Waals surface area contributed by atoms with Crippen molar-refractivity contribution in [2.45, 2.75) is 51.6 Å². The molecule has 6 heteroatoms. The monoisotopic (exact) mass is 347 g/mol. The van der Waals surface area contributed by atoms with Gasteiger partial charge in [-0.25, -0.2) is 0 Å². The Balaban J connectivity index is 1.49. The number of amides is 2. The van der Waals surface area contributed by atoms with Crippen LogP contribution in [-0.2, 0) is 16.1 Å². The van der Waals surface area contributed by atoms with Gasteiger partial charge in [-0.1, -0.05) is 6.42 Å². The summed E-state index contributed by atoms with van der Waals surface area (Å²) in [6.45, 7) is 8.09. The van der Waals surface area contributed by atoms with Crippen LogP contribution >= 0.6 is 0 Å². The Bertz CT molecular complexity index is 591. The van der Waals surface area contributed by atoms with Gasteiger partial charge in [0.25, 0.3) is 0 Å². The number of nitrogens with one attached hydrogen (secondary N) is 1. The van der Waals surface area contributed by atoms with E-state index in [0.717, 1.165) is 18.8 Å². The minimum Gasteiger partial charge on any atom is -0.467 e. The second kappa shape index (κ2) is 7.60. The molecule has 2 aliphatic rings. The van der Waals surface area contributed by atoms with Crippen LogP contribution in [0.1, 0.15) is 45.3 Å². The van der Waals surface area contributed by atoms with Crippen LogP contribution in [0.5, 0.6) is 0 Å². The van der Waals surface area contributed by atoms with Gasteiger partial charge in [0.1, 0.15) is 5.76 Å². The van der Waals surface area contributed by atoms with Gasteiger partial charge in [-0.15, -0.1) is 0 Å². The van der Waals surface area contributed by atoms with Crippen molar-refractivity contribution in [1.29, 1.82) is 0 Å². The van der Waals surface area contributed by atoms with Crippen molar-refractivity contribution in [3.8, 4) is 0 Å². The molecule has 3 rings (SSSR count). The van der Waals surface area contributed by atoms with Crippen LogP contribution in [-0.4, -0.2) is 53.3 Å². The molecule has 138 valence electrons. The molecule has 0 bridgehead atoms. The highest BCUT2D eigenvalue weighted by molar-refractivity contribution is 5.89. The molecular weight excluding hydrogens is 318 g/mol. The Morgan fingerprint density at radius 3 is 2.76 bits per heavy atom. The molecule has 1 aromatic heterocycles. The zero-order valence-corrected chi connectivity index (χ0v) is 15.3. The minimum atomic E-state index is -0.264. The van der Waals surface area contributed by atoms with Gasteiger partial charge in [0, 0.05) is 25.0 Å². The fourth-order valence-corrected chi connectivity index (χ4v) is 3.75. The molecule has 0 aromatic carbocycles. The number of likely N-dealkylation sites (tertiary alicyclic amines) is 2. The molecule has 2 aliphatic heterocycles. The Morgan fingerprint density at radius 2 is 2.08 bits per heavy atom. The highest BCUT2D eigenvalue weighted by Crippen LogP contribution is 2.22. The van der Waals surface area contributed by atoms with E-state index in [1.54, 1.807) is 11.2 Å². The summed E-state index contributed by atoms with van der Waals surface area (Å²) in [5, 5.41) is 3.08. The lowest BCUT2D eigenvalue weighted by molar-refractivity contribution is -0.129. The molecule has 0 spiro atoms. The van der Waals surface area contributed by atoms with Gasteiger partial charge in [-0.3, -0.25) is 14.5 Å². The molecule has 1 aromatic rings. The maximum Gasteiger partial charge on any atom is 0.225 e. The lowest BCUT2D eigenvalue weighted by atomic mass is 9.98. The summed E-state index contributed by atoms with van der Waals surface area (Å²) < 4.78 is 5.30. The largest absolute Gasteiger partial charge is 0.467 e. The van der Waals surface area contributed by atoms with Gasteiger partial charge >= 0.3 is 0 Å². The third-order valence-electron chi connectivity index (χ3n) is 5.42. The summed E-state index contributed by atoms with van der Waals surface area (Å²) in [4.78, 5) is 28.9. The smallest absolute Gasteiger partial charge is 0.225 e. The van der Waals surface area contributed by atoms with E-state index in [1.165, 1.54) is 19.3 Å². The van der Waals surface area contributed by atoms with Gasteiger partial charge in [0.2, 0.25) is 11.8 Å². The van der Waals surface area contributed by atoms with Gasteiger partial charge in [-0.2, -0.15) is 0 Å². The van der Waals surface area contributed by atoms with Crippen molar-refractivity contribution in [1.82, 2.24) is 15.1 Å². The molecule has 2 amide bonds. The highest BCUT2D eigenvalue weighted by Gasteiger charge is 2.36. The fourth-order valence-electron chi connectivity index (χ4n) is 3.75. The van der Waals surface area contributed by atoms with Gasteiger partial charge < -0.3 is 14.6 Å². The second-order valence-corrected chi connectivity index (χ2v) is 7.83. The molecule has 0 radical (unpaired) electrons. The predicted octanol–water partition coefficient (Wildman–Crippen LogP) is 2.01. The summed E-state index contributed by atoms with van der Waals surface area (Å²) in [5.74, 6) is 0.493. The van der Waals surface area contributed by atoms with Crippen LogP contribution in [0.3, 0.4) is 0 Å². The van der Waals surface area contributed by atoms with E-state index in [0.29, 0.717) is 19.6 Å². The van der Waals surface area contributed by atoms with E-state index in [2.05, 4.69) is 24.1 Å².